The number of carbonyl (C=O) groups is 1. The average Bonchev–Trinajstić information content (AvgIpc) is 2.40. The van der Waals surface area contributed by atoms with Crippen molar-refractivity contribution in [1.82, 2.24) is 0 Å². The molecule has 2 aromatic rings. The summed E-state index contributed by atoms with van der Waals surface area (Å²) in [5.74, 6) is 0.134. The third-order valence-electron chi connectivity index (χ3n) is 2.66. The van der Waals surface area contributed by atoms with E-state index >= 15 is 0 Å². The Balaban J connectivity index is 2.05. The summed E-state index contributed by atoms with van der Waals surface area (Å²) in [6.07, 6.45) is 0.428. The molecule has 0 radical (unpaired) electrons. The Morgan fingerprint density at radius 3 is 2.06 bits per heavy atom. The third-order valence-corrected chi connectivity index (χ3v) is 3.14. The van der Waals surface area contributed by atoms with Crippen LogP contribution in [-0.4, -0.2) is 5.78 Å². The van der Waals surface area contributed by atoms with Gasteiger partial charge in [-0.15, -0.1) is 0 Å². The average molecular weight is 242 g/mol. The SMILES string of the molecule is O=C(CC(S)c1ccccc1)c1ccccc1. The molecule has 17 heavy (non-hydrogen) atoms. The van der Waals surface area contributed by atoms with Crippen molar-refractivity contribution in [3.05, 3.63) is 71.8 Å². The van der Waals surface area contributed by atoms with Crippen LogP contribution in [0.1, 0.15) is 27.6 Å². The molecule has 0 N–H and O–H groups in total. The van der Waals surface area contributed by atoms with Crippen molar-refractivity contribution in [2.75, 3.05) is 0 Å². The first-order valence-corrected chi connectivity index (χ1v) is 6.10. The maximum Gasteiger partial charge on any atom is 0.164 e. The van der Waals surface area contributed by atoms with Gasteiger partial charge in [0.05, 0.1) is 0 Å². The van der Waals surface area contributed by atoms with Crippen LogP contribution in [0.2, 0.25) is 0 Å². The standard InChI is InChI=1S/C15H14OS/c16-14(12-7-3-1-4-8-12)11-15(17)13-9-5-2-6-10-13/h1-10,15,17H,11H2. The molecule has 0 heterocycles. The smallest absolute Gasteiger partial charge is 0.164 e. The van der Waals surface area contributed by atoms with E-state index in [1.54, 1.807) is 0 Å². The number of benzene rings is 2. The third kappa shape index (κ3) is 3.21. The van der Waals surface area contributed by atoms with Gasteiger partial charge in [-0.25, -0.2) is 0 Å². The van der Waals surface area contributed by atoms with Gasteiger partial charge in [0, 0.05) is 17.2 Å². The Morgan fingerprint density at radius 2 is 1.47 bits per heavy atom. The summed E-state index contributed by atoms with van der Waals surface area (Å²) in [6, 6.07) is 19.2. The molecular formula is C15H14OS. The highest BCUT2D eigenvalue weighted by atomic mass is 32.1. The maximum absolute atomic E-state index is 12.0. The second-order valence-electron chi connectivity index (χ2n) is 3.92. The van der Waals surface area contributed by atoms with Crippen LogP contribution in [0.25, 0.3) is 0 Å². The lowest BCUT2D eigenvalue weighted by atomic mass is 10.0. The Hall–Kier alpha value is -1.54. The number of carbonyl (C=O) groups excluding carboxylic acids is 1. The first-order valence-electron chi connectivity index (χ1n) is 5.58. The van der Waals surface area contributed by atoms with Gasteiger partial charge in [-0.05, 0) is 5.56 Å². The molecule has 2 rings (SSSR count). The number of hydrogen-bond acceptors (Lipinski definition) is 2. The fourth-order valence-electron chi connectivity index (χ4n) is 1.71. The van der Waals surface area contributed by atoms with Crippen LogP contribution < -0.4 is 0 Å². The maximum atomic E-state index is 12.0. The molecule has 0 spiro atoms. The minimum atomic E-state index is -0.0380. The summed E-state index contributed by atoms with van der Waals surface area (Å²) < 4.78 is 0. The molecule has 0 amide bonds. The second-order valence-corrected chi connectivity index (χ2v) is 4.54. The van der Waals surface area contributed by atoms with Crippen molar-refractivity contribution >= 4 is 18.4 Å². The van der Waals surface area contributed by atoms with Gasteiger partial charge in [-0.2, -0.15) is 12.6 Å². The first-order chi connectivity index (χ1) is 8.27. The molecule has 1 nitrogen and oxygen atoms in total. The summed E-state index contributed by atoms with van der Waals surface area (Å²) in [6.45, 7) is 0. The molecule has 0 saturated heterocycles. The largest absolute Gasteiger partial charge is 0.294 e. The Labute approximate surface area is 107 Å². The van der Waals surface area contributed by atoms with Crippen molar-refractivity contribution in [2.45, 2.75) is 11.7 Å². The van der Waals surface area contributed by atoms with E-state index < -0.39 is 0 Å². The molecule has 0 aromatic heterocycles. The van der Waals surface area contributed by atoms with Crippen LogP contribution in [0, 0.1) is 0 Å². The molecule has 0 aliphatic heterocycles. The zero-order valence-corrected chi connectivity index (χ0v) is 10.3. The normalized spacial score (nSPS) is 12.1. The van der Waals surface area contributed by atoms with Crippen LogP contribution in [0.15, 0.2) is 60.7 Å². The van der Waals surface area contributed by atoms with Crippen molar-refractivity contribution in [3.63, 3.8) is 0 Å². The van der Waals surface area contributed by atoms with Crippen molar-refractivity contribution in [1.29, 1.82) is 0 Å². The Bertz CT molecular complexity index is 479. The van der Waals surface area contributed by atoms with E-state index in [0.717, 1.165) is 11.1 Å². The van der Waals surface area contributed by atoms with Gasteiger partial charge in [0.25, 0.3) is 0 Å². The van der Waals surface area contributed by atoms with Gasteiger partial charge in [0.1, 0.15) is 0 Å². The van der Waals surface area contributed by atoms with Crippen molar-refractivity contribution in [3.8, 4) is 0 Å². The van der Waals surface area contributed by atoms with E-state index in [-0.39, 0.29) is 11.0 Å². The summed E-state index contributed by atoms with van der Waals surface area (Å²) in [5, 5.41) is -0.0380. The number of hydrogen-bond donors (Lipinski definition) is 1. The summed E-state index contributed by atoms with van der Waals surface area (Å²) in [7, 11) is 0. The van der Waals surface area contributed by atoms with Gasteiger partial charge in [0.15, 0.2) is 5.78 Å². The molecular weight excluding hydrogens is 228 g/mol. The molecule has 1 atom stereocenters. The first kappa shape index (κ1) is 11.9. The molecule has 1 unspecified atom stereocenters. The number of thiol groups is 1. The van der Waals surface area contributed by atoms with E-state index in [0.29, 0.717) is 6.42 Å². The molecule has 2 heteroatoms. The molecule has 86 valence electrons. The van der Waals surface area contributed by atoms with Crippen molar-refractivity contribution in [2.24, 2.45) is 0 Å². The van der Waals surface area contributed by atoms with E-state index in [1.807, 2.05) is 60.7 Å². The predicted octanol–water partition coefficient (Wildman–Crippen LogP) is 3.93. The number of Topliss-reactive ketones (excluding diaryl/α,β-unsaturated/α-hetero) is 1. The predicted molar refractivity (Wildman–Crippen MR) is 73.6 cm³/mol. The molecule has 0 aliphatic rings. The number of rotatable bonds is 4. The molecule has 0 saturated carbocycles. The minimum Gasteiger partial charge on any atom is -0.294 e. The van der Waals surface area contributed by atoms with Crippen LogP contribution in [0.3, 0.4) is 0 Å². The lowest BCUT2D eigenvalue weighted by Gasteiger charge is -2.09. The quantitative estimate of drug-likeness (QED) is 0.635. The van der Waals surface area contributed by atoms with E-state index in [4.69, 9.17) is 0 Å². The van der Waals surface area contributed by atoms with Crippen LogP contribution in [-0.2, 0) is 0 Å². The fraction of sp³-hybridized carbons (Fsp3) is 0.133. The summed E-state index contributed by atoms with van der Waals surface area (Å²) in [5.41, 5.74) is 1.84. The number of ketones is 1. The highest BCUT2D eigenvalue weighted by molar-refractivity contribution is 7.80. The topological polar surface area (TPSA) is 17.1 Å². The van der Waals surface area contributed by atoms with Crippen LogP contribution in [0.5, 0.6) is 0 Å². The minimum absolute atomic E-state index is 0.0380. The zero-order chi connectivity index (χ0) is 12.1. The van der Waals surface area contributed by atoms with E-state index in [9.17, 15) is 4.79 Å². The fourth-order valence-corrected chi connectivity index (χ4v) is 2.05. The van der Waals surface area contributed by atoms with Crippen molar-refractivity contribution < 1.29 is 4.79 Å². The molecule has 0 bridgehead atoms. The molecule has 0 fully saturated rings. The molecule has 2 aromatic carbocycles. The van der Waals surface area contributed by atoms with Gasteiger partial charge >= 0.3 is 0 Å². The lowest BCUT2D eigenvalue weighted by Crippen LogP contribution is -2.03. The monoisotopic (exact) mass is 242 g/mol. The lowest BCUT2D eigenvalue weighted by molar-refractivity contribution is 0.0982. The van der Waals surface area contributed by atoms with Gasteiger partial charge in [-0.3, -0.25) is 4.79 Å². The highest BCUT2D eigenvalue weighted by Gasteiger charge is 2.12. The van der Waals surface area contributed by atoms with Gasteiger partial charge in [0.2, 0.25) is 0 Å². The summed E-state index contributed by atoms with van der Waals surface area (Å²) in [4.78, 5) is 12.0. The Morgan fingerprint density at radius 1 is 0.941 bits per heavy atom. The van der Waals surface area contributed by atoms with E-state index in [2.05, 4.69) is 12.6 Å². The van der Waals surface area contributed by atoms with Crippen LogP contribution >= 0.6 is 12.6 Å². The Kier molecular flexibility index (Phi) is 3.99. The van der Waals surface area contributed by atoms with Gasteiger partial charge in [-0.1, -0.05) is 60.7 Å². The van der Waals surface area contributed by atoms with Gasteiger partial charge < -0.3 is 0 Å². The van der Waals surface area contributed by atoms with Crippen LogP contribution in [0.4, 0.5) is 0 Å². The summed E-state index contributed by atoms with van der Waals surface area (Å²) >= 11 is 4.49. The second kappa shape index (κ2) is 5.69. The molecule has 0 aliphatic carbocycles. The highest BCUT2D eigenvalue weighted by Crippen LogP contribution is 2.24. The zero-order valence-electron chi connectivity index (χ0n) is 9.41. The van der Waals surface area contributed by atoms with E-state index in [1.165, 1.54) is 0 Å².